The van der Waals surface area contributed by atoms with Crippen molar-refractivity contribution in [1.29, 1.82) is 0 Å². The molecule has 0 radical (unpaired) electrons. The zero-order valence-corrected chi connectivity index (χ0v) is 15.1. The van der Waals surface area contributed by atoms with Crippen molar-refractivity contribution in [3.8, 4) is 11.5 Å². The number of hydrogen-bond donors (Lipinski definition) is 3. The summed E-state index contributed by atoms with van der Waals surface area (Å²) in [4.78, 5) is 24.4. The molecule has 1 aromatic carbocycles. The van der Waals surface area contributed by atoms with Crippen molar-refractivity contribution in [3.05, 3.63) is 23.8 Å². The monoisotopic (exact) mass is 338 g/mol. The number of methoxy groups -OCH3 is 2. The molecule has 1 rings (SSSR count). The van der Waals surface area contributed by atoms with Gasteiger partial charge in [-0.25, -0.2) is 4.79 Å². The molecule has 134 valence electrons. The van der Waals surface area contributed by atoms with E-state index in [2.05, 4.69) is 10.6 Å². The van der Waals surface area contributed by atoms with E-state index >= 15 is 0 Å². The van der Waals surface area contributed by atoms with Gasteiger partial charge in [-0.2, -0.15) is 0 Å². The third-order valence-electron chi connectivity index (χ3n) is 3.34. The van der Waals surface area contributed by atoms with Gasteiger partial charge in [-0.1, -0.05) is 13.8 Å². The first-order chi connectivity index (χ1) is 11.3. The lowest BCUT2D eigenvalue weighted by molar-refractivity contribution is -0.885. The Kier molecular flexibility index (Phi) is 8.05. The molecule has 0 saturated heterocycles. The highest BCUT2D eigenvalue weighted by Gasteiger charge is 2.14. The molecular formula is C17H28N3O4+. The molecular weight excluding hydrogens is 310 g/mol. The van der Waals surface area contributed by atoms with E-state index in [0.717, 1.165) is 10.5 Å². The molecule has 0 aliphatic rings. The number of carbonyl (C=O) groups is 2. The van der Waals surface area contributed by atoms with Crippen LogP contribution in [-0.2, 0) is 11.3 Å². The molecule has 0 aliphatic heterocycles. The third-order valence-corrected chi connectivity index (χ3v) is 3.34. The van der Waals surface area contributed by atoms with Gasteiger partial charge in [-0.3, -0.25) is 10.1 Å². The molecule has 0 aliphatic carbocycles. The van der Waals surface area contributed by atoms with E-state index in [4.69, 9.17) is 9.47 Å². The van der Waals surface area contributed by atoms with Crippen molar-refractivity contribution in [1.82, 2.24) is 10.6 Å². The van der Waals surface area contributed by atoms with Crippen molar-refractivity contribution < 1.29 is 24.0 Å². The molecule has 3 amide bonds. The van der Waals surface area contributed by atoms with E-state index in [1.165, 1.54) is 0 Å². The molecule has 0 aromatic heterocycles. The molecule has 0 fully saturated rings. The Morgan fingerprint density at radius 1 is 1.17 bits per heavy atom. The van der Waals surface area contributed by atoms with Crippen LogP contribution in [0.4, 0.5) is 4.79 Å². The Hall–Kier alpha value is -2.28. The highest BCUT2D eigenvalue weighted by atomic mass is 16.5. The summed E-state index contributed by atoms with van der Waals surface area (Å²) in [5.41, 5.74) is 1.02. The van der Waals surface area contributed by atoms with Gasteiger partial charge in [-0.05, 0) is 24.1 Å². The minimum Gasteiger partial charge on any atom is -0.493 e. The standard InChI is InChI=1S/C17H27N3O4/c1-12(2)9-18-17(22)19-16(21)11-20(3)10-13-6-7-14(23-4)15(8-13)24-5/h6-8,12H,9-11H2,1-5H3,(H2,18,19,21,22)/p+1. The molecule has 7 nitrogen and oxygen atoms in total. The van der Waals surface area contributed by atoms with Gasteiger partial charge in [0.15, 0.2) is 18.0 Å². The fourth-order valence-electron chi connectivity index (χ4n) is 2.19. The van der Waals surface area contributed by atoms with Gasteiger partial charge >= 0.3 is 6.03 Å². The molecule has 24 heavy (non-hydrogen) atoms. The lowest BCUT2D eigenvalue weighted by Gasteiger charge is -2.15. The van der Waals surface area contributed by atoms with Gasteiger partial charge in [0, 0.05) is 12.1 Å². The summed E-state index contributed by atoms with van der Waals surface area (Å²) in [5, 5.41) is 4.99. The summed E-state index contributed by atoms with van der Waals surface area (Å²) in [5.74, 6) is 1.34. The number of likely N-dealkylation sites (N-methyl/N-ethyl adjacent to an activating group) is 1. The zero-order valence-electron chi connectivity index (χ0n) is 15.1. The summed E-state index contributed by atoms with van der Waals surface area (Å²) >= 11 is 0. The number of quaternary nitrogens is 1. The van der Waals surface area contributed by atoms with Crippen LogP contribution in [0.1, 0.15) is 19.4 Å². The van der Waals surface area contributed by atoms with Crippen molar-refractivity contribution >= 4 is 11.9 Å². The second-order valence-electron chi connectivity index (χ2n) is 6.15. The molecule has 7 heteroatoms. The smallest absolute Gasteiger partial charge is 0.321 e. The maximum absolute atomic E-state index is 11.9. The number of amides is 3. The number of benzene rings is 1. The topological polar surface area (TPSA) is 81.1 Å². The SMILES string of the molecule is COc1ccc(C[NH+](C)CC(=O)NC(=O)NCC(C)C)cc1OC. The predicted molar refractivity (Wildman–Crippen MR) is 91.4 cm³/mol. The number of nitrogens with one attached hydrogen (secondary N) is 3. The Balaban J connectivity index is 2.49. The molecule has 3 N–H and O–H groups in total. The second-order valence-corrected chi connectivity index (χ2v) is 6.15. The Labute approximate surface area is 143 Å². The number of urea groups is 1. The van der Waals surface area contributed by atoms with Crippen LogP contribution in [0.25, 0.3) is 0 Å². The fraction of sp³-hybridized carbons (Fsp3) is 0.529. The van der Waals surface area contributed by atoms with E-state index in [1.807, 2.05) is 39.1 Å². The maximum Gasteiger partial charge on any atom is 0.321 e. The van der Waals surface area contributed by atoms with Gasteiger partial charge in [0.2, 0.25) is 0 Å². The van der Waals surface area contributed by atoms with Crippen LogP contribution in [0.5, 0.6) is 11.5 Å². The molecule has 0 heterocycles. The minimum absolute atomic E-state index is 0.198. The van der Waals surface area contributed by atoms with Gasteiger partial charge < -0.3 is 19.7 Å². The zero-order chi connectivity index (χ0) is 18.1. The van der Waals surface area contributed by atoms with E-state index in [9.17, 15) is 9.59 Å². The number of hydrogen-bond acceptors (Lipinski definition) is 4. The Morgan fingerprint density at radius 2 is 1.83 bits per heavy atom. The quantitative estimate of drug-likeness (QED) is 0.633. The molecule has 1 atom stereocenters. The lowest BCUT2D eigenvalue weighted by Crippen LogP contribution is -3.09. The first-order valence-corrected chi connectivity index (χ1v) is 7.95. The van der Waals surface area contributed by atoms with E-state index in [0.29, 0.717) is 30.5 Å². The normalized spacial score (nSPS) is 11.8. The number of rotatable bonds is 8. The molecule has 1 unspecified atom stereocenters. The number of carbonyl (C=O) groups excluding carboxylic acids is 2. The summed E-state index contributed by atoms with van der Waals surface area (Å²) in [7, 11) is 5.06. The Bertz CT molecular complexity index is 561. The van der Waals surface area contributed by atoms with Crippen molar-refractivity contribution in [2.45, 2.75) is 20.4 Å². The first kappa shape index (κ1) is 19.8. The predicted octanol–water partition coefficient (Wildman–Crippen LogP) is 0.200. The summed E-state index contributed by atoms with van der Waals surface area (Å²) in [6.45, 7) is 5.34. The lowest BCUT2D eigenvalue weighted by atomic mass is 10.2. The molecule has 0 spiro atoms. The summed E-state index contributed by atoms with van der Waals surface area (Å²) < 4.78 is 10.5. The molecule has 0 bridgehead atoms. The van der Waals surface area contributed by atoms with Crippen LogP contribution in [0.15, 0.2) is 18.2 Å². The molecule has 1 aromatic rings. The minimum atomic E-state index is -0.451. The number of ether oxygens (including phenoxy) is 2. The van der Waals surface area contributed by atoms with Gasteiger partial charge in [0.1, 0.15) is 6.54 Å². The van der Waals surface area contributed by atoms with Crippen molar-refractivity contribution in [3.63, 3.8) is 0 Å². The highest BCUT2D eigenvalue weighted by molar-refractivity contribution is 5.94. The van der Waals surface area contributed by atoms with E-state index in [1.54, 1.807) is 14.2 Å². The third kappa shape index (κ3) is 6.87. The number of imide groups is 1. The van der Waals surface area contributed by atoms with Crippen LogP contribution in [0.2, 0.25) is 0 Å². The van der Waals surface area contributed by atoms with Crippen molar-refractivity contribution in [2.75, 3.05) is 34.4 Å². The summed E-state index contributed by atoms with van der Waals surface area (Å²) in [6, 6.07) is 5.20. The largest absolute Gasteiger partial charge is 0.493 e. The first-order valence-electron chi connectivity index (χ1n) is 7.95. The highest BCUT2D eigenvalue weighted by Crippen LogP contribution is 2.27. The van der Waals surface area contributed by atoms with Gasteiger partial charge in [-0.15, -0.1) is 0 Å². The second kappa shape index (κ2) is 9.77. The fourth-order valence-corrected chi connectivity index (χ4v) is 2.19. The van der Waals surface area contributed by atoms with Crippen molar-refractivity contribution in [2.24, 2.45) is 5.92 Å². The van der Waals surface area contributed by atoms with Crippen LogP contribution in [0, 0.1) is 5.92 Å². The van der Waals surface area contributed by atoms with Crippen LogP contribution < -0.4 is 25.0 Å². The van der Waals surface area contributed by atoms with Crippen LogP contribution >= 0.6 is 0 Å². The van der Waals surface area contributed by atoms with Crippen LogP contribution in [-0.4, -0.2) is 46.3 Å². The average molecular weight is 338 g/mol. The van der Waals surface area contributed by atoms with Crippen LogP contribution in [0.3, 0.4) is 0 Å². The van der Waals surface area contributed by atoms with E-state index < -0.39 is 6.03 Å². The molecule has 0 saturated carbocycles. The average Bonchev–Trinajstić information content (AvgIpc) is 2.52. The summed E-state index contributed by atoms with van der Waals surface area (Å²) in [6.07, 6.45) is 0. The van der Waals surface area contributed by atoms with Gasteiger partial charge in [0.05, 0.1) is 21.3 Å². The van der Waals surface area contributed by atoms with E-state index in [-0.39, 0.29) is 12.5 Å². The Morgan fingerprint density at radius 3 is 2.42 bits per heavy atom. The van der Waals surface area contributed by atoms with Gasteiger partial charge in [0.25, 0.3) is 5.91 Å². The maximum atomic E-state index is 11.9.